The van der Waals surface area contributed by atoms with E-state index in [0.29, 0.717) is 20.4 Å². The summed E-state index contributed by atoms with van der Waals surface area (Å²) in [5.41, 5.74) is 9.92. The van der Waals surface area contributed by atoms with Gasteiger partial charge >= 0.3 is 77.2 Å². The average Bonchev–Trinajstić information content (AvgIpc) is 2.09. The number of benzene rings is 1. The van der Waals surface area contributed by atoms with Crippen molar-refractivity contribution in [1.29, 1.82) is 0 Å². The number of nitrogens with zero attached hydrogens (tertiary/aromatic N) is 3. The van der Waals surface area contributed by atoms with Crippen LogP contribution in [-0.4, -0.2) is 20.4 Å². The van der Waals surface area contributed by atoms with Gasteiger partial charge in [0, 0.05) is 0 Å². The molecule has 0 bridgehead atoms. The second kappa shape index (κ2) is 4.83. The van der Waals surface area contributed by atoms with Crippen LogP contribution in [0.2, 0.25) is 0 Å². The van der Waals surface area contributed by atoms with Gasteiger partial charge in [-0.15, -0.1) is 0 Å². The van der Waals surface area contributed by atoms with Gasteiger partial charge in [0.25, 0.3) is 0 Å². The molecule has 1 rings (SSSR count). The van der Waals surface area contributed by atoms with E-state index in [-0.39, 0.29) is 0 Å². The van der Waals surface area contributed by atoms with Crippen molar-refractivity contribution in [1.82, 2.24) is 0 Å². The molecule has 0 aromatic heterocycles. The molecule has 0 saturated carbocycles. The Balaban J connectivity index is 2.53. The van der Waals surface area contributed by atoms with E-state index in [0.717, 1.165) is 0 Å². The summed E-state index contributed by atoms with van der Waals surface area (Å²) in [7, 11) is 0. The monoisotopic (exact) mass is 227 g/mol. The van der Waals surface area contributed by atoms with Crippen LogP contribution in [0.15, 0.2) is 29.4 Å². The van der Waals surface area contributed by atoms with E-state index in [1.165, 1.54) is 10.0 Å². The van der Waals surface area contributed by atoms with Gasteiger partial charge in [-0.3, -0.25) is 0 Å². The quantitative estimate of drug-likeness (QED) is 0.325. The zero-order chi connectivity index (χ0) is 8.81. The van der Waals surface area contributed by atoms with Crippen LogP contribution in [0.25, 0.3) is 10.4 Å². The van der Waals surface area contributed by atoms with Crippen molar-refractivity contribution in [2.45, 2.75) is 6.92 Å². The summed E-state index contributed by atoms with van der Waals surface area (Å²) in [5.74, 6) is 0. The fourth-order valence-corrected chi connectivity index (χ4v) is 2.00. The van der Waals surface area contributed by atoms with Crippen LogP contribution in [0.5, 0.6) is 0 Å². The Labute approximate surface area is 77.6 Å². The fraction of sp³-hybridized carbons (Fsp3) is 0.250. The summed E-state index contributed by atoms with van der Waals surface area (Å²) in [6.45, 7) is 2.06. The van der Waals surface area contributed by atoms with Crippen LogP contribution in [0.1, 0.15) is 5.56 Å². The molecule has 3 nitrogen and oxygen atoms in total. The van der Waals surface area contributed by atoms with Crippen molar-refractivity contribution in [2.24, 2.45) is 5.11 Å². The molecule has 0 aliphatic heterocycles. The van der Waals surface area contributed by atoms with Crippen LogP contribution >= 0.6 is 0 Å². The molecule has 0 aliphatic carbocycles. The van der Waals surface area contributed by atoms with Gasteiger partial charge in [-0.05, 0) is 0 Å². The van der Waals surface area contributed by atoms with Crippen LogP contribution in [0.3, 0.4) is 0 Å². The third kappa shape index (κ3) is 2.97. The van der Waals surface area contributed by atoms with Crippen molar-refractivity contribution >= 4 is 19.4 Å². The number of rotatable bonds is 3. The standard InChI is InChI=1S/C8H9N3Se/c1-7-2-4-8(5-3-7)12-6-10-11-9/h2-5H,6H2,1H3. The van der Waals surface area contributed by atoms with Crippen molar-refractivity contribution in [2.75, 3.05) is 5.44 Å². The Morgan fingerprint density at radius 1 is 1.42 bits per heavy atom. The molecule has 0 radical (unpaired) electrons. The van der Waals surface area contributed by atoms with Gasteiger partial charge in [0.15, 0.2) is 0 Å². The second-order valence-corrected chi connectivity index (χ2v) is 4.45. The molecular formula is C8H9N3Se. The molecule has 0 heterocycles. The van der Waals surface area contributed by atoms with Gasteiger partial charge < -0.3 is 0 Å². The Hall–Kier alpha value is -0.951. The Morgan fingerprint density at radius 2 is 2.08 bits per heavy atom. The van der Waals surface area contributed by atoms with Crippen LogP contribution in [0.4, 0.5) is 0 Å². The van der Waals surface area contributed by atoms with E-state index < -0.39 is 0 Å². The van der Waals surface area contributed by atoms with E-state index in [2.05, 4.69) is 41.2 Å². The normalized spacial score (nSPS) is 9.08. The van der Waals surface area contributed by atoms with Crippen LogP contribution in [0, 0.1) is 6.92 Å². The predicted molar refractivity (Wildman–Crippen MR) is 50.6 cm³/mol. The third-order valence-electron chi connectivity index (χ3n) is 1.37. The Kier molecular flexibility index (Phi) is 3.68. The number of aryl methyl sites for hydroxylation is 1. The summed E-state index contributed by atoms with van der Waals surface area (Å²) in [5, 5.41) is 3.50. The average molecular weight is 226 g/mol. The minimum atomic E-state index is 0.292. The first-order valence-corrected chi connectivity index (χ1v) is 5.60. The minimum absolute atomic E-state index is 0.292. The molecule has 0 N–H and O–H groups in total. The molecule has 0 spiro atoms. The van der Waals surface area contributed by atoms with Crippen molar-refractivity contribution in [3.05, 3.63) is 40.3 Å². The first kappa shape index (κ1) is 9.14. The third-order valence-corrected chi connectivity index (χ3v) is 3.16. The maximum absolute atomic E-state index is 8.06. The summed E-state index contributed by atoms with van der Waals surface area (Å²) in [6.07, 6.45) is 0. The van der Waals surface area contributed by atoms with Gasteiger partial charge in [-0.2, -0.15) is 0 Å². The zero-order valence-corrected chi connectivity index (χ0v) is 8.48. The van der Waals surface area contributed by atoms with Gasteiger partial charge in [0.05, 0.1) is 0 Å². The molecule has 0 aliphatic rings. The van der Waals surface area contributed by atoms with Gasteiger partial charge in [-0.1, -0.05) is 0 Å². The number of azide groups is 1. The summed E-state index contributed by atoms with van der Waals surface area (Å²) in [4.78, 5) is 2.71. The molecular weight excluding hydrogens is 217 g/mol. The molecule has 12 heavy (non-hydrogen) atoms. The van der Waals surface area contributed by atoms with E-state index in [4.69, 9.17) is 5.53 Å². The molecule has 1 aromatic carbocycles. The molecule has 1 aromatic rings. The second-order valence-electron chi connectivity index (χ2n) is 2.32. The molecule has 4 heteroatoms. The number of hydrogen-bond acceptors (Lipinski definition) is 1. The van der Waals surface area contributed by atoms with Crippen LogP contribution in [-0.2, 0) is 0 Å². The maximum atomic E-state index is 8.06. The molecule has 0 unspecified atom stereocenters. The summed E-state index contributed by atoms with van der Waals surface area (Å²) < 4.78 is 1.28. The topological polar surface area (TPSA) is 48.8 Å². The molecule has 0 atom stereocenters. The molecule has 0 saturated heterocycles. The van der Waals surface area contributed by atoms with Crippen molar-refractivity contribution in [3.8, 4) is 0 Å². The molecule has 62 valence electrons. The van der Waals surface area contributed by atoms with Gasteiger partial charge in [-0.25, -0.2) is 0 Å². The van der Waals surface area contributed by atoms with E-state index in [9.17, 15) is 0 Å². The summed E-state index contributed by atoms with van der Waals surface area (Å²) >= 11 is 0.292. The predicted octanol–water partition coefficient (Wildman–Crippen LogP) is 1.59. The van der Waals surface area contributed by atoms with Crippen molar-refractivity contribution < 1.29 is 0 Å². The van der Waals surface area contributed by atoms with Gasteiger partial charge in [0.2, 0.25) is 0 Å². The zero-order valence-electron chi connectivity index (χ0n) is 6.77. The van der Waals surface area contributed by atoms with E-state index in [1.807, 2.05) is 0 Å². The van der Waals surface area contributed by atoms with Crippen LogP contribution < -0.4 is 4.46 Å². The van der Waals surface area contributed by atoms with E-state index >= 15 is 0 Å². The van der Waals surface area contributed by atoms with E-state index in [1.54, 1.807) is 0 Å². The molecule has 0 fully saturated rings. The van der Waals surface area contributed by atoms with Gasteiger partial charge in [0.1, 0.15) is 0 Å². The first-order valence-electron chi connectivity index (χ1n) is 3.53. The van der Waals surface area contributed by atoms with Crippen molar-refractivity contribution in [3.63, 3.8) is 0 Å². The Morgan fingerprint density at radius 3 is 2.67 bits per heavy atom. The Bertz CT molecular complexity index is 288. The summed E-state index contributed by atoms with van der Waals surface area (Å²) in [6, 6.07) is 8.32. The number of hydrogen-bond donors (Lipinski definition) is 0. The SMILES string of the molecule is Cc1ccc([Se]CN=[N+]=[N-])cc1. The molecule has 0 amide bonds. The first-order chi connectivity index (χ1) is 5.83. The fourth-order valence-electron chi connectivity index (χ4n) is 0.764.